The molecule has 0 saturated carbocycles. The number of carbonyl (C=O) groups excluding carboxylic acids is 1. The monoisotopic (exact) mass is 390 g/mol. The predicted octanol–water partition coefficient (Wildman–Crippen LogP) is 5.10. The van der Waals surface area contributed by atoms with Crippen LogP contribution in [0.2, 0.25) is 0 Å². The molecule has 1 amide bonds. The predicted molar refractivity (Wildman–Crippen MR) is 110 cm³/mol. The number of hydrogen-bond acceptors (Lipinski definition) is 6. The molecule has 1 N–H and O–H groups in total. The van der Waals surface area contributed by atoms with E-state index in [1.54, 1.807) is 11.3 Å². The highest BCUT2D eigenvalue weighted by Crippen LogP contribution is 2.29. The van der Waals surface area contributed by atoms with Crippen molar-refractivity contribution in [3.05, 3.63) is 58.4 Å². The first-order valence-corrected chi connectivity index (χ1v) is 9.63. The van der Waals surface area contributed by atoms with Gasteiger partial charge in [-0.3, -0.25) is 4.79 Å². The number of nitrogens with one attached hydrogen (secondary N) is 1. The van der Waals surface area contributed by atoms with E-state index in [1.807, 2.05) is 61.7 Å². The van der Waals surface area contributed by atoms with Crippen LogP contribution in [0.15, 0.2) is 52.4 Å². The van der Waals surface area contributed by atoms with Gasteiger partial charge in [-0.05, 0) is 37.6 Å². The molecule has 0 spiro atoms. The van der Waals surface area contributed by atoms with Crippen molar-refractivity contribution >= 4 is 22.9 Å². The van der Waals surface area contributed by atoms with Crippen LogP contribution in [0, 0.1) is 13.8 Å². The summed E-state index contributed by atoms with van der Waals surface area (Å²) >= 11 is 1.62. The second-order valence-corrected chi connectivity index (χ2v) is 7.53. The molecule has 28 heavy (non-hydrogen) atoms. The fourth-order valence-corrected chi connectivity index (χ4v) is 3.47. The Labute approximate surface area is 166 Å². The number of nitrogens with zero attached hydrogens (tertiary/aromatic N) is 3. The van der Waals surface area contributed by atoms with Crippen LogP contribution in [-0.4, -0.2) is 21.0 Å². The van der Waals surface area contributed by atoms with Crippen LogP contribution in [0.25, 0.3) is 34.1 Å². The fraction of sp³-hybridized carbons (Fsp3) is 0.143. The molecule has 140 valence electrons. The number of thiazole rings is 1. The van der Waals surface area contributed by atoms with E-state index in [4.69, 9.17) is 4.52 Å². The maximum Gasteiger partial charge on any atom is 0.258 e. The Kier molecular flexibility index (Phi) is 4.75. The van der Waals surface area contributed by atoms with Crippen LogP contribution in [-0.2, 0) is 4.79 Å². The molecule has 7 heteroatoms. The summed E-state index contributed by atoms with van der Waals surface area (Å²) in [6.45, 7) is 5.40. The van der Waals surface area contributed by atoms with Gasteiger partial charge in [0.15, 0.2) is 0 Å². The third-order valence-corrected chi connectivity index (χ3v) is 5.03. The number of aryl methyl sites for hydroxylation is 2. The Hall–Kier alpha value is -3.32. The minimum Gasteiger partial charge on any atom is -0.334 e. The molecule has 4 aromatic rings. The van der Waals surface area contributed by atoms with Gasteiger partial charge in [-0.2, -0.15) is 4.98 Å². The molecular weight excluding hydrogens is 372 g/mol. The maximum absolute atomic E-state index is 11.4. The van der Waals surface area contributed by atoms with Crippen molar-refractivity contribution in [2.24, 2.45) is 0 Å². The van der Waals surface area contributed by atoms with Crippen molar-refractivity contribution in [2.75, 3.05) is 5.32 Å². The van der Waals surface area contributed by atoms with Crippen molar-refractivity contribution in [3.8, 4) is 34.1 Å². The SMILES string of the molecule is CC(=O)Nc1cc(-c2nc(-c3cccc(-c4csc(C)n4)c3)no2)ccc1C. The average Bonchev–Trinajstić information content (AvgIpc) is 3.33. The summed E-state index contributed by atoms with van der Waals surface area (Å²) in [5, 5.41) is 10.00. The van der Waals surface area contributed by atoms with Gasteiger partial charge >= 0.3 is 0 Å². The smallest absolute Gasteiger partial charge is 0.258 e. The van der Waals surface area contributed by atoms with E-state index in [1.165, 1.54) is 6.92 Å². The highest BCUT2D eigenvalue weighted by molar-refractivity contribution is 7.09. The Morgan fingerprint density at radius 3 is 2.61 bits per heavy atom. The quantitative estimate of drug-likeness (QED) is 0.524. The highest BCUT2D eigenvalue weighted by Gasteiger charge is 2.13. The third-order valence-electron chi connectivity index (χ3n) is 4.26. The molecular formula is C21H18N4O2S. The van der Waals surface area contributed by atoms with Gasteiger partial charge in [0, 0.05) is 34.7 Å². The van der Waals surface area contributed by atoms with Crippen LogP contribution in [0.1, 0.15) is 17.5 Å². The highest BCUT2D eigenvalue weighted by atomic mass is 32.1. The molecule has 2 aromatic carbocycles. The van der Waals surface area contributed by atoms with E-state index in [0.29, 0.717) is 11.7 Å². The van der Waals surface area contributed by atoms with E-state index in [-0.39, 0.29) is 5.91 Å². The number of hydrogen-bond donors (Lipinski definition) is 1. The van der Waals surface area contributed by atoms with Crippen molar-refractivity contribution in [2.45, 2.75) is 20.8 Å². The van der Waals surface area contributed by atoms with Crippen LogP contribution < -0.4 is 5.32 Å². The zero-order chi connectivity index (χ0) is 19.7. The molecule has 0 unspecified atom stereocenters. The zero-order valence-electron chi connectivity index (χ0n) is 15.7. The lowest BCUT2D eigenvalue weighted by Gasteiger charge is -2.07. The van der Waals surface area contributed by atoms with Crippen LogP contribution in [0.5, 0.6) is 0 Å². The second-order valence-electron chi connectivity index (χ2n) is 6.47. The minimum absolute atomic E-state index is 0.124. The lowest BCUT2D eigenvalue weighted by Crippen LogP contribution is -2.07. The number of carbonyl (C=O) groups is 1. The van der Waals surface area contributed by atoms with E-state index in [0.717, 1.165) is 38.6 Å². The summed E-state index contributed by atoms with van der Waals surface area (Å²) in [4.78, 5) is 20.4. The van der Waals surface area contributed by atoms with Gasteiger partial charge < -0.3 is 9.84 Å². The number of aromatic nitrogens is 3. The van der Waals surface area contributed by atoms with Crippen molar-refractivity contribution in [1.29, 1.82) is 0 Å². The van der Waals surface area contributed by atoms with Crippen molar-refractivity contribution in [3.63, 3.8) is 0 Å². The maximum atomic E-state index is 11.4. The third kappa shape index (κ3) is 3.70. The molecule has 2 aromatic heterocycles. The standard InChI is InChI=1S/C21H18N4O2S/c1-12-7-8-17(10-18(12)22-13(2)26)21-24-20(25-27-21)16-6-4-5-15(9-16)19-11-28-14(3)23-19/h4-11H,1-3H3,(H,22,26). The number of benzene rings is 2. The number of amides is 1. The van der Waals surface area contributed by atoms with Gasteiger partial charge in [-0.15, -0.1) is 11.3 Å². The zero-order valence-corrected chi connectivity index (χ0v) is 16.5. The summed E-state index contributed by atoms with van der Waals surface area (Å²) in [5.41, 5.74) is 5.24. The topological polar surface area (TPSA) is 80.9 Å². The molecule has 4 rings (SSSR count). The summed E-state index contributed by atoms with van der Waals surface area (Å²) in [5.74, 6) is 0.780. The molecule has 0 bridgehead atoms. The van der Waals surface area contributed by atoms with Crippen molar-refractivity contribution < 1.29 is 9.32 Å². The number of anilines is 1. The molecule has 0 saturated heterocycles. The van der Waals surface area contributed by atoms with E-state index in [9.17, 15) is 4.79 Å². The average molecular weight is 390 g/mol. The summed E-state index contributed by atoms with van der Waals surface area (Å²) < 4.78 is 5.47. The second kappa shape index (κ2) is 7.36. The minimum atomic E-state index is -0.124. The Morgan fingerprint density at radius 1 is 1.04 bits per heavy atom. The number of rotatable bonds is 4. The van der Waals surface area contributed by atoms with Crippen LogP contribution in [0.3, 0.4) is 0 Å². The van der Waals surface area contributed by atoms with Gasteiger partial charge in [0.05, 0.1) is 10.7 Å². The molecule has 0 aliphatic rings. The first-order valence-electron chi connectivity index (χ1n) is 8.75. The van der Waals surface area contributed by atoms with E-state index < -0.39 is 0 Å². The molecule has 0 aliphatic carbocycles. The molecule has 0 aliphatic heterocycles. The lowest BCUT2D eigenvalue weighted by atomic mass is 10.1. The largest absolute Gasteiger partial charge is 0.334 e. The van der Waals surface area contributed by atoms with Crippen molar-refractivity contribution in [1.82, 2.24) is 15.1 Å². The van der Waals surface area contributed by atoms with Gasteiger partial charge in [0.25, 0.3) is 5.89 Å². The van der Waals surface area contributed by atoms with Gasteiger partial charge in [0.2, 0.25) is 11.7 Å². The van der Waals surface area contributed by atoms with Crippen LogP contribution >= 0.6 is 11.3 Å². The van der Waals surface area contributed by atoms with E-state index >= 15 is 0 Å². The lowest BCUT2D eigenvalue weighted by molar-refractivity contribution is -0.114. The Balaban J connectivity index is 1.66. The molecule has 0 fully saturated rings. The fourth-order valence-electron chi connectivity index (χ4n) is 2.85. The van der Waals surface area contributed by atoms with Gasteiger partial charge in [-0.1, -0.05) is 29.4 Å². The normalized spacial score (nSPS) is 10.8. The van der Waals surface area contributed by atoms with E-state index in [2.05, 4.69) is 20.4 Å². The summed E-state index contributed by atoms with van der Waals surface area (Å²) in [7, 11) is 0. The first kappa shape index (κ1) is 18.1. The van der Waals surface area contributed by atoms with Crippen LogP contribution in [0.4, 0.5) is 5.69 Å². The Morgan fingerprint density at radius 2 is 1.86 bits per heavy atom. The molecule has 2 heterocycles. The molecule has 6 nitrogen and oxygen atoms in total. The molecule has 0 radical (unpaired) electrons. The Bertz CT molecular complexity index is 1160. The van der Waals surface area contributed by atoms with Gasteiger partial charge in [0.1, 0.15) is 0 Å². The first-order chi connectivity index (χ1) is 13.5. The summed E-state index contributed by atoms with van der Waals surface area (Å²) in [6, 6.07) is 13.6. The van der Waals surface area contributed by atoms with Gasteiger partial charge in [-0.25, -0.2) is 4.98 Å². The molecule has 0 atom stereocenters. The summed E-state index contributed by atoms with van der Waals surface area (Å²) in [6.07, 6.45) is 0.